The second kappa shape index (κ2) is 6.07. The summed E-state index contributed by atoms with van der Waals surface area (Å²) in [7, 11) is 0. The molecule has 2 aliphatic rings. The number of fused-ring (bicyclic) bond motifs is 1. The number of aryl methyl sites for hydroxylation is 1. The van der Waals surface area contributed by atoms with Gasteiger partial charge in [-0.2, -0.15) is 0 Å². The first kappa shape index (κ1) is 14.9. The molecule has 0 saturated carbocycles. The SMILES string of the molecule is CCc1cc([C@H]2CCCN2C(=O)Nc2ccc3c(c2)OCO3)on1. The molecule has 24 heavy (non-hydrogen) atoms. The minimum absolute atomic E-state index is 0.0631. The van der Waals surface area contributed by atoms with Crippen LogP contribution in [-0.4, -0.2) is 29.4 Å². The van der Waals surface area contributed by atoms with E-state index in [4.69, 9.17) is 14.0 Å². The van der Waals surface area contributed by atoms with Crippen LogP contribution in [0.25, 0.3) is 0 Å². The predicted octanol–water partition coefficient (Wildman–Crippen LogP) is 3.33. The van der Waals surface area contributed by atoms with E-state index in [1.807, 2.05) is 13.0 Å². The Hall–Kier alpha value is -2.70. The third-order valence-corrected chi connectivity index (χ3v) is 4.41. The minimum Gasteiger partial charge on any atom is -0.454 e. The highest BCUT2D eigenvalue weighted by molar-refractivity contribution is 5.90. The van der Waals surface area contributed by atoms with Crippen LogP contribution < -0.4 is 14.8 Å². The molecule has 3 heterocycles. The Balaban J connectivity index is 1.48. The Morgan fingerprint density at radius 1 is 1.33 bits per heavy atom. The fourth-order valence-electron chi connectivity index (χ4n) is 3.13. The number of likely N-dealkylation sites (tertiary alicyclic amines) is 1. The zero-order valence-electron chi connectivity index (χ0n) is 13.4. The molecule has 2 aliphatic heterocycles. The molecule has 1 atom stereocenters. The van der Waals surface area contributed by atoms with Gasteiger partial charge in [0, 0.05) is 24.4 Å². The molecule has 2 aromatic rings. The second-order valence-corrected chi connectivity index (χ2v) is 5.92. The number of hydrogen-bond acceptors (Lipinski definition) is 5. The van der Waals surface area contributed by atoms with E-state index >= 15 is 0 Å². The van der Waals surface area contributed by atoms with Crippen LogP contribution in [-0.2, 0) is 6.42 Å². The highest BCUT2D eigenvalue weighted by Crippen LogP contribution is 2.36. The number of nitrogens with one attached hydrogen (secondary N) is 1. The molecule has 2 amide bonds. The zero-order chi connectivity index (χ0) is 16.5. The summed E-state index contributed by atoms with van der Waals surface area (Å²) in [4.78, 5) is 14.5. The fourth-order valence-corrected chi connectivity index (χ4v) is 3.13. The van der Waals surface area contributed by atoms with E-state index < -0.39 is 0 Å². The number of hydrogen-bond donors (Lipinski definition) is 1. The maximum Gasteiger partial charge on any atom is 0.322 e. The molecule has 7 heteroatoms. The van der Waals surface area contributed by atoms with Crippen molar-refractivity contribution in [2.24, 2.45) is 0 Å². The number of amides is 2. The molecule has 0 spiro atoms. The van der Waals surface area contributed by atoms with E-state index in [1.54, 1.807) is 23.1 Å². The normalized spacial score (nSPS) is 18.9. The van der Waals surface area contributed by atoms with Gasteiger partial charge in [-0.05, 0) is 31.4 Å². The van der Waals surface area contributed by atoms with Gasteiger partial charge < -0.3 is 24.2 Å². The van der Waals surface area contributed by atoms with Crippen LogP contribution in [0.4, 0.5) is 10.5 Å². The summed E-state index contributed by atoms with van der Waals surface area (Å²) in [5, 5.41) is 6.96. The average Bonchev–Trinajstić information content (AvgIpc) is 3.32. The lowest BCUT2D eigenvalue weighted by molar-refractivity contribution is 0.174. The topological polar surface area (TPSA) is 76.8 Å². The van der Waals surface area contributed by atoms with E-state index in [1.165, 1.54) is 0 Å². The maximum atomic E-state index is 12.7. The van der Waals surface area contributed by atoms with Crippen molar-refractivity contribution in [2.45, 2.75) is 32.2 Å². The van der Waals surface area contributed by atoms with E-state index in [0.717, 1.165) is 30.7 Å². The summed E-state index contributed by atoms with van der Waals surface area (Å²) in [6.07, 6.45) is 2.65. The summed E-state index contributed by atoms with van der Waals surface area (Å²) in [5.74, 6) is 2.10. The molecule has 1 aromatic carbocycles. The van der Waals surface area contributed by atoms with Crippen LogP contribution in [0, 0.1) is 0 Å². The Kier molecular flexibility index (Phi) is 3.76. The third-order valence-electron chi connectivity index (χ3n) is 4.41. The van der Waals surface area contributed by atoms with E-state index in [-0.39, 0.29) is 18.9 Å². The molecule has 1 aromatic heterocycles. The van der Waals surface area contributed by atoms with Crippen molar-refractivity contribution in [1.29, 1.82) is 0 Å². The number of benzene rings is 1. The van der Waals surface area contributed by atoms with Crippen LogP contribution in [0.1, 0.15) is 37.3 Å². The first-order valence-electron chi connectivity index (χ1n) is 8.17. The molecular formula is C17H19N3O4. The highest BCUT2D eigenvalue weighted by atomic mass is 16.7. The van der Waals surface area contributed by atoms with Gasteiger partial charge in [0.25, 0.3) is 0 Å². The number of carbonyl (C=O) groups excluding carboxylic acids is 1. The standard InChI is InChI=1S/C17H19N3O4/c1-2-11-8-15(24-19-11)13-4-3-7-20(13)17(21)18-12-5-6-14-16(9-12)23-10-22-14/h5-6,8-9,13H,2-4,7,10H2,1H3,(H,18,21)/t13-/m1/s1. The van der Waals surface area contributed by atoms with Crippen LogP contribution in [0.5, 0.6) is 11.5 Å². The molecule has 1 fully saturated rings. The first-order valence-corrected chi connectivity index (χ1v) is 8.17. The van der Waals surface area contributed by atoms with E-state index in [9.17, 15) is 4.79 Å². The smallest absolute Gasteiger partial charge is 0.322 e. The van der Waals surface area contributed by atoms with Gasteiger partial charge in [-0.15, -0.1) is 0 Å². The number of ether oxygens (including phenoxy) is 2. The Labute approximate surface area is 139 Å². The van der Waals surface area contributed by atoms with Gasteiger partial charge >= 0.3 is 6.03 Å². The molecule has 4 rings (SSSR count). The van der Waals surface area contributed by atoms with Gasteiger partial charge in [-0.25, -0.2) is 4.79 Å². The van der Waals surface area contributed by atoms with Crippen molar-refractivity contribution in [3.8, 4) is 11.5 Å². The largest absolute Gasteiger partial charge is 0.454 e. The number of rotatable bonds is 3. The van der Waals surface area contributed by atoms with Crippen molar-refractivity contribution in [3.63, 3.8) is 0 Å². The second-order valence-electron chi connectivity index (χ2n) is 5.92. The molecule has 7 nitrogen and oxygen atoms in total. The number of urea groups is 1. The molecule has 126 valence electrons. The summed E-state index contributed by atoms with van der Waals surface area (Å²) in [6.45, 7) is 2.94. The number of anilines is 1. The van der Waals surface area contributed by atoms with E-state index in [2.05, 4.69) is 10.5 Å². The van der Waals surface area contributed by atoms with Gasteiger partial charge in [0.15, 0.2) is 17.3 Å². The highest BCUT2D eigenvalue weighted by Gasteiger charge is 2.33. The third kappa shape index (κ3) is 2.66. The monoisotopic (exact) mass is 329 g/mol. The Morgan fingerprint density at radius 2 is 2.21 bits per heavy atom. The number of carbonyl (C=O) groups is 1. The van der Waals surface area contributed by atoms with Crippen molar-refractivity contribution < 1.29 is 18.8 Å². The van der Waals surface area contributed by atoms with Gasteiger partial charge in [0.2, 0.25) is 6.79 Å². The summed E-state index contributed by atoms with van der Waals surface area (Å²) in [5.41, 5.74) is 1.59. The molecular weight excluding hydrogens is 310 g/mol. The number of aromatic nitrogens is 1. The summed E-state index contributed by atoms with van der Waals surface area (Å²) in [6, 6.07) is 7.10. The van der Waals surface area contributed by atoms with Gasteiger partial charge in [-0.3, -0.25) is 0 Å². The zero-order valence-corrected chi connectivity index (χ0v) is 13.4. The van der Waals surface area contributed by atoms with Crippen molar-refractivity contribution in [2.75, 3.05) is 18.7 Å². The van der Waals surface area contributed by atoms with Crippen LogP contribution >= 0.6 is 0 Å². The molecule has 0 radical (unpaired) electrons. The van der Waals surface area contributed by atoms with Crippen LogP contribution in [0.3, 0.4) is 0 Å². The lowest BCUT2D eigenvalue weighted by atomic mass is 10.1. The lowest BCUT2D eigenvalue weighted by Crippen LogP contribution is -2.34. The molecule has 0 aliphatic carbocycles. The van der Waals surface area contributed by atoms with Crippen LogP contribution in [0.15, 0.2) is 28.8 Å². The Bertz CT molecular complexity index is 758. The number of nitrogens with zero attached hydrogens (tertiary/aromatic N) is 2. The predicted molar refractivity (Wildman–Crippen MR) is 86.1 cm³/mol. The lowest BCUT2D eigenvalue weighted by Gasteiger charge is -2.23. The summed E-state index contributed by atoms with van der Waals surface area (Å²) < 4.78 is 16.0. The maximum absolute atomic E-state index is 12.7. The van der Waals surface area contributed by atoms with Gasteiger partial charge in [0.05, 0.1) is 11.7 Å². The first-order chi connectivity index (χ1) is 11.7. The molecule has 1 saturated heterocycles. The molecule has 0 bridgehead atoms. The van der Waals surface area contributed by atoms with Gasteiger partial charge in [-0.1, -0.05) is 12.1 Å². The van der Waals surface area contributed by atoms with Crippen molar-refractivity contribution >= 4 is 11.7 Å². The summed E-state index contributed by atoms with van der Waals surface area (Å²) >= 11 is 0. The van der Waals surface area contributed by atoms with E-state index in [0.29, 0.717) is 23.7 Å². The van der Waals surface area contributed by atoms with Crippen molar-refractivity contribution in [3.05, 3.63) is 35.7 Å². The van der Waals surface area contributed by atoms with Gasteiger partial charge in [0.1, 0.15) is 0 Å². The van der Waals surface area contributed by atoms with Crippen molar-refractivity contribution in [1.82, 2.24) is 10.1 Å². The Morgan fingerprint density at radius 3 is 3.04 bits per heavy atom. The quantitative estimate of drug-likeness (QED) is 0.934. The molecule has 1 N–H and O–H groups in total. The van der Waals surface area contributed by atoms with Crippen LogP contribution in [0.2, 0.25) is 0 Å². The fraction of sp³-hybridized carbons (Fsp3) is 0.412. The average molecular weight is 329 g/mol. The molecule has 0 unspecified atom stereocenters. The minimum atomic E-state index is -0.147.